The van der Waals surface area contributed by atoms with Crippen LogP contribution in [0.15, 0.2) is 47.6 Å². The molecule has 160 valence electrons. The van der Waals surface area contributed by atoms with Gasteiger partial charge in [-0.25, -0.2) is 9.99 Å². The molecule has 8 heteroatoms. The lowest BCUT2D eigenvalue weighted by atomic mass is 9.98. The van der Waals surface area contributed by atoms with Gasteiger partial charge in [-0.05, 0) is 42.3 Å². The van der Waals surface area contributed by atoms with E-state index < -0.39 is 0 Å². The Kier molecular flexibility index (Phi) is 5.98. The third-order valence-corrected chi connectivity index (χ3v) is 6.68. The number of rotatable bonds is 6. The summed E-state index contributed by atoms with van der Waals surface area (Å²) < 4.78 is 10.9. The van der Waals surface area contributed by atoms with Gasteiger partial charge in [0.05, 0.1) is 36.5 Å². The van der Waals surface area contributed by atoms with Gasteiger partial charge in [0.15, 0.2) is 17.3 Å². The Bertz CT molecular complexity index is 1160. The Hall–Kier alpha value is -2.90. The number of nitrogens with zero attached hydrogens (tertiary/aromatic N) is 3. The number of thiazole rings is 1. The van der Waals surface area contributed by atoms with E-state index in [1.54, 1.807) is 21.1 Å². The summed E-state index contributed by atoms with van der Waals surface area (Å²) in [7, 11) is 3.23. The molecule has 0 aliphatic carbocycles. The minimum absolute atomic E-state index is 0.00465. The predicted octanol–water partition coefficient (Wildman–Crippen LogP) is 5.68. The number of carbonyl (C=O) groups is 1. The molecule has 0 N–H and O–H groups in total. The van der Waals surface area contributed by atoms with E-state index >= 15 is 0 Å². The van der Waals surface area contributed by atoms with E-state index in [-0.39, 0.29) is 11.8 Å². The third-order valence-electron chi connectivity index (χ3n) is 5.18. The zero-order valence-electron chi connectivity index (χ0n) is 17.7. The maximum absolute atomic E-state index is 12.0. The number of hydrogen-bond acceptors (Lipinski definition) is 7. The lowest BCUT2D eigenvalue weighted by Gasteiger charge is -2.22. The Morgan fingerprint density at radius 3 is 2.45 bits per heavy atom. The van der Waals surface area contributed by atoms with Crippen molar-refractivity contribution in [2.24, 2.45) is 5.10 Å². The van der Waals surface area contributed by atoms with E-state index in [1.165, 1.54) is 11.3 Å². The topological polar surface area (TPSA) is 64.0 Å². The van der Waals surface area contributed by atoms with Crippen molar-refractivity contribution in [2.75, 3.05) is 19.2 Å². The van der Waals surface area contributed by atoms with Gasteiger partial charge in [0.2, 0.25) is 5.13 Å². The second-order valence-electron chi connectivity index (χ2n) is 7.20. The van der Waals surface area contributed by atoms with Crippen LogP contribution in [0.25, 0.3) is 0 Å². The number of halogens is 1. The molecule has 31 heavy (non-hydrogen) atoms. The molecule has 0 spiro atoms. The number of carbonyl (C=O) groups excluding carboxylic acids is 1. The first-order valence-corrected chi connectivity index (χ1v) is 10.9. The van der Waals surface area contributed by atoms with Crippen molar-refractivity contribution in [1.82, 2.24) is 4.98 Å². The van der Waals surface area contributed by atoms with Gasteiger partial charge in [0.25, 0.3) is 0 Å². The van der Waals surface area contributed by atoms with Crippen molar-refractivity contribution in [2.45, 2.75) is 26.3 Å². The van der Waals surface area contributed by atoms with Crippen molar-refractivity contribution < 1.29 is 14.3 Å². The van der Waals surface area contributed by atoms with Crippen LogP contribution >= 0.6 is 22.9 Å². The fourth-order valence-electron chi connectivity index (χ4n) is 3.63. The normalized spacial score (nSPS) is 15.7. The summed E-state index contributed by atoms with van der Waals surface area (Å²) in [6.07, 6.45) is 0.672. The summed E-state index contributed by atoms with van der Waals surface area (Å²) in [5.74, 6) is 1.32. The fourth-order valence-corrected chi connectivity index (χ4v) is 4.72. The van der Waals surface area contributed by atoms with E-state index in [2.05, 4.69) is 4.98 Å². The van der Waals surface area contributed by atoms with Gasteiger partial charge in [-0.15, -0.1) is 0 Å². The van der Waals surface area contributed by atoms with Gasteiger partial charge in [-0.3, -0.25) is 4.79 Å². The molecule has 1 aromatic heterocycles. The number of ether oxygens (including phenoxy) is 2. The molecular weight excluding hydrogens is 434 g/mol. The monoisotopic (exact) mass is 455 g/mol. The highest BCUT2D eigenvalue weighted by Gasteiger charge is 2.33. The van der Waals surface area contributed by atoms with Crippen molar-refractivity contribution in [3.63, 3.8) is 0 Å². The first kappa shape index (κ1) is 21.3. The Morgan fingerprint density at radius 1 is 1.13 bits per heavy atom. The number of hydrazone groups is 1. The SMILES string of the molecule is COc1ccc([C@@H]2CC(c3ccc(Cl)cc3)=NN2c2nc(C)c(C(C)=O)s2)cc1OC. The van der Waals surface area contributed by atoms with E-state index in [0.29, 0.717) is 38.6 Å². The van der Waals surface area contributed by atoms with Crippen LogP contribution in [0.3, 0.4) is 0 Å². The van der Waals surface area contributed by atoms with Crippen LogP contribution in [0.2, 0.25) is 5.02 Å². The molecule has 1 aliphatic rings. The second kappa shape index (κ2) is 8.69. The zero-order valence-corrected chi connectivity index (χ0v) is 19.3. The van der Waals surface area contributed by atoms with E-state index in [9.17, 15) is 4.79 Å². The standard InChI is InChI=1S/C23H22ClN3O3S/c1-13-22(14(2)28)31-23(25-13)27-19(16-7-10-20(29-3)21(11-16)30-4)12-18(26-27)15-5-8-17(24)9-6-15/h5-11,19H,12H2,1-4H3/t19-/m0/s1. The number of ketones is 1. The highest BCUT2D eigenvalue weighted by molar-refractivity contribution is 7.17. The average Bonchev–Trinajstić information content (AvgIpc) is 3.37. The van der Waals surface area contributed by atoms with Crippen LogP contribution in [0.1, 0.15) is 45.9 Å². The Balaban J connectivity index is 1.78. The summed E-state index contributed by atoms with van der Waals surface area (Å²) in [4.78, 5) is 17.3. The largest absolute Gasteiger partial charge is 0.493 e. The van der Waals surface area contributed by atoms with Crippen LogP contribution < -0.4 is 14.5 Å². The van der Waals surface area contributed by atoms with E-state index in [1.807, 2.05) is 54.4 Å². The Morgan fingerprint density at radius 2 is 1.84 bits per heavy atom. The summed E-state index contributed by atoms with van der Waals surface area (Å²) in [6, 6.07) is 13.4. The summed E-state index contributed by atoms with van der Waals surface area (Å²) in [6.45, 7) is 3.41. The first-order chi connectivity index (χ1) is 14.9. The molecule has 6 nitrogen and oxygen atoms in total. The fraction of sp³-hybridized carbons (Fsp3) is 0.261. The highest BCUT2D eigenvalue weighted by atomic mass is 35.5. The van der Waals surface area contributed by atoms with Gasteiger partial charge < -0.3 is 9.47 Å². The van der Waals surface area contributed by atoms with Crippen molar-refractivity contribution in [3.8, 4) is 11.5 Å². The average molecular weight is 456 g/mol. The van der Waals surface area contributed by atoms with Crippen LogP contribution in [-0.2, 0) is 0 Å². The highest BCUT2D eigenvalue weighted by Crippen LogP contribution is 2.41. The van der Waals surface area contributed by atoms with Crippen molar-refractivity contribution >= 4 is 39.6 Å². The molecule has 3 aromatic rings. The number of benzene rings is 2. The van der Waals surface area contributed by atoms with E-state index in [4.69, 9.17) is 26.2 Å². The van der Waals surface area contributed by atoms with Gasteiger partial charge >= 0.3 is 0 Å². The third kappa shape index (κ3) is 4.16. The molecule has 0 radical (unpaired) electrons. The van der Waals surface area contributed by atoms with Gasteiger partial charge in [-0.1, -0.05) is 41.1 Å². The summed E-state index contributed by atoms with van der Waals surface area (Å²) >= 11 is 7.42. The molecule has 1 atom stereocenters. The van der Waals surface area contributed by atoms with Crippen LogP contribution in [-0.4, -0.2) is 30.7 Å². The quantitative estimate of drug-likeness (QED) is 0.447. The number of aromatic nitrogens is 1. The molecule has 0 saturated heterocycles. The van der Waals surface area contributed by atoms with Crippen molar-refractivity contribution in [1.29, 1.82) is 0 Å². The maximum atomic E-state index is 12.0. The number of Topliss-reactive ketones (excluding diaryl/α,β-unsaturated/α-hetero) is 1. The van der Waals surface area contributed by atoms with E-state index in [0.717, 1.165) is 16.8 Å². The van der Waals surface area contributed by atoms with Gasteiger partial charge in [0, 0.05) is 18.4 Å². The number of hydrogen-bond donors (Lipinski definition) is 0. The molecule has 0 fully saturated rings. The molecule has 4 rings (SSSR count). The predicted molar refractivity (Wildman–Crippen MR) is 124 cm³/mol. The van der Waals surface area contributed by atoms with Gasteiger partial charge in [-0.2, -0.15) is 5.10 Å². The smallest absolute Gasteiger partial charge is 0.207 e. The zero-order chi connectivity index (χ0) is 22.1. The molecule has 0 saturated carbocycles. The molecule has 0 bridgehead atoms. The second-order valence-corrected chi connectivity index (χ2v) is 8.61. The Labute approximate surface area is 190 Å². The minimum atomic E-state index is -0.101. The molecular formula is C23H22ClN3O3S. The maximum Gasteiger partial charge on any atom is 0.207 e. The minimum Gasteiger partial charge on any atom is -0.493 e. The molecule has 0 amide bonds. The van der Waals surface area contributed by atoms with Crippen LogP contribution in [0, 0.1) is 6.92 Å². The van der Waals surface area contributed by atoms with Crippen LogP contribution in [0.5, 0.6) is 11.5 Å². The summed E-state index contributed by atoms with van der Waals surface area (Å²) in [5, 5.41) is 8.16. The lowest BCUT2D eigenvalue weighted by Crippen LogP contribution is -2.18. The lowest BCUT2D eigenvalue weighted by molar-refractivity contribution is 0.102. The number of anilines is 1. The summed E-state index contributed by atoms with van der Waals surface area (Å²) in [5.41, 5.74) is 3.66. The first-order valence-electron chi connectivity index (χ1n) is 9.74. The molecule has 2 heterocycles. The number of methoxy groups -OCH3 is 2. The molecule has 1 aliphatic heterocycles. The van der Waals surface area contributed by atoms with Crippen LogP contribution in [0.4, 0.5) is 5.13 Å². The van der Waals surface area contributed by atoms with Gasteiger partial charge in [0.1, 0.15) is 0 Å². The molecule has 2 aromatic carbocycles. The van der Waals surface area contributed by atoms with Crippen molar-refractivity contribution in [3.05, 3.63) is 69.2 Å². The molecule has 0 unspecified atom stereocenters. The number of aryl methyl sites for hydroxylation is 1.